The third-order valence-corrected chi connectivity index (χ3v) is 17.8. The van der Waals surface area contributed by atoms with Crippen molar-refractivity contribution >= 4 is 96.5 Å². The lowest BCUT2D eigenvalue weighted by atomic mass is 9.91. The van der Waals surface area contributed by atoms with Crippen LogP contribution >= 0.6 is 21.6 Å². The third kappa shape index (κ3) is 22.7. The summed E-state index contributed by atoms with van der Waals surface area (Å²) in [5.41, 5.74) is 17.8. The van der Waals surface area contributed by atoms with E-state index in [1.54, 1.807) is 21.6 Å². The molecule has 1 fully saturated rings. The molecule has 21 nitrogen and oxygen atoms in total. The Morgan fingerprint density at radius 2 is 1.48 bits per heavy atom. The maximum absolute atomic E-state index is 14.1. The number of aryl methyl sites for hydroxylation is 3. The van der Waals surface area contributed by atoms with Crippen LogP contribution in [0.25, 0.3) is 21.9 Å². The Balaban J connectivity index is 0.932. The number of likely N-dealkylation sites (tertiary alicyclic amines) is 1. The zero-order valence-electron chi connectivity index (χ0n) is 50.2. The van der Waals surface area contributed by atoms with Crippen LogP contribution in [0.15, 0.2) is 48.5 Å². The van der Waals surface area contributed by atoms with Crippen molar-refractivity contribution in [3.8, 4) is 0 Å². The first-order chi connectivity index (χ1) is 40.7. The zero-order chi connectivity index (χ0) is 62.0. The number of nitrogens with one attached hydrogen (secondary N) is 4. The number of rotatable bonds is 40. The normalized spacial score (nSPS) is 15.1. The van der Waals surface area contributed by atoms with Gasteiger partial charge in [0.05, 0.1) is 47.4 Å². The first kappa shape index (κ1) is 69.3. The number of aliphatic hydroxyl groups is 1. The van der Waals surface area contributed by atoms with Gasteiger partial charge in [-0.1, -0.05) is 104 Å². The lowest BCUT2D eigenvalue weighted by molar-refractivity contribution is -0.143. The van der Waals surface area contributed by atoms with Crippen molar-refractivity contribution in [3.63, 3.8) is 0 Å². The van der Waals surface area contributed by atoms with Gasteiger partial charge in [0.15, 0.2) is 5.78 Å². The summed E-state index contributed by atoms with van der Waals surface area (Å²) in [4.78, 5) is 127. The Kier molecular flexibility index (Phi) is 29.3. The van der Waals surface area contributed by atoms with Gasteiger partial charge in [-0.2, -0.15) is 0 Å². The van der Waals surface area contributed by atoms with Gasteiger partial charge >= 0.3 is 5.97 Å². The number of primary amides is 1. The predicted molar refractivity (Wildman–Crippen MR) is 332 cm³/mol. The van der Waals surface area contributed by atoms with E-state index in [1.165, 1.54) is 17.4 Å². The Morgan fingerprint density at radius 3 is 2.16 bits per heavy atom. The number of aromatic nitrogens is 3. The molecule has 1 aliphatic heterocycles. The number of Topliss-reactive ketones (excluding diaryl/α,β-unsaturated/α-hetero) is 2. The van der Waals surface area contributed by atoms with Crippen molar-refractivity contribution < 1.29 is 53.4 Å². The van der Waals surface area contributed by atoms with Crippen LogP contribution in [0.1, 0.15) is 159 Å². The monoisotopic (exact) mass is 1210 g/mol. The van der Waals surface area contributed by atoms with Gasteiger partial charge in [-0.3, -0.25) is 48.1 Å². The number of nitrogens with zero attached hydrogens (tertiary/aromatic N) is 4. The second kappa shape index (κ2) is 35.9. The number of carboxylic acids is 1. The zero-order valence-corrected chi connectivity index (χ0v) is 51.8. The fraction of sp³-hybridized carbons (Fsp3) is 0.597. The number of carbonyl (C=O) groups excluding carboxylic acids is 8. The van der Waals surface area contributed by atoms with Gasteiger partial charge in [0.2, 0.25) is 35.4 Å². The van der Waals surface area contributed by atoms with E-state index in [1.807, 2.05) is 26.8 Å². The van der Waals surface area contributed by atoms with Gasteiger partial charge in [-0.05, 0) is 101 Å². The molecule has 2 aromatic carbocycles. The van der Waals surface area contributed by atoms with Crippen LogP contribution in [0.3, 0.4) is 0 Å². The number of para-hydroxylation sites is 1. The number of aliphatic carboxylic acids is 1. The molecule has 2 aromatic heterocycles. The number of aliphatic hydroxyl groups excluding tert-OH is 1. The van der Waals surface area contributed by atoms with E-state index in [-0.39, 0.29) is 43.4 Å². The number of hydrogen-bond donors (Lipinski definition) is 8. The summed E-state index contributed by atoms with van der Waals surface area (Å²) < 4.78 is 2.36. The fourth-order valence-electron chi connectivity index (χ4n) is 10.5. The molecule has 0 saturated carbocycles. The third-order valence-electron chi connectivity index (χ3n) is 15.2. The molecule has 23 heteroatoms. The largest absolute Gasteiger partial charge is 0.481 e. The summed E-state index contributed by atoms with van der Waals surface area (Å²) in [6, 6.07) is 12.5. The van der Waals surface area contributed by atoms with E-state index in [2.05, 4.69) is 75.2 Å². The van der Waals surface area contributed by atoms with Crippen molar-refractivity contribution in [1.82, 2.24) is 40.7 Å². The maximum Gasteiger partial charge on any atom is 0.303 e. The number of amides is 6. The highest BCUT2D eigenvalue weighted by atomic mass is 33.1. The number of fused-ring (bicyclic) bond motifs is 3. The molecule has 0 bridgehead atoms. The van der Waals surface area contributed by atoms with Crippen molar-refractivity contribution in [2.75, 3.05) is 31.1 Å². The molecule has 0 radical (unpaired) electrons. The number of unbranched alkanes of at least 4 members (excludes halogenated alkanes) is 3. The van der Waals surface area contributed by atoms with Gasteiger partial charge in [-0.25, -0.2) is 4.98 Å². The summed E-state index contributed by atoms with van der Waals surface area (Å²) in [5.74, 6) is -3.73. The van der Waals surface area contributed by atoms with Crippen molar-refractivity contribution in [3.05, 3.63) is 71.2 Å². The number of carboxylic acid groups (broad SMARTS) is 1. The van der Waals surface area contributed by atoms with E-state index >= 15 is 0 Å². The maximum atomic E-state index is 14.1. The first-order valence-electron chi connectivity index (χ1n) is 30.2. The average molecular weight is 1220 g/mol. The molecule has 3 heterocycles. The Labute approximate surface area is 507 Å². The average Bonchev–Trinajstić information content (AvgIpc) is 1.89. The molecular weight excluding hydrogens is 1120 g/mol. The van der Waals surface area contributed by atoms with Gasteiger partial charge in [0.25, 0.3) is 0 Å². The Morgan fingerprint density at radius 1 is 0.776 bits per heavy atom. The van der Waals surface area contributed by atoms with Crippen molar-refractivity contribution in [2.24, 2.45) is 23.3 Å². The molecule has 4 aromatic rings. The van der Waals surface area contributed by atoms with Gasteiger partial charge in [0, 0.05) is 75.1 Å². The van der Waals surface area contributed by atoms with Crippen LogP contribution in [0, 0.1) is 18.8 Å². The van der Waals surface area contributed by atoms with E-state index in [4.69, 9.17) is 21.4 Å². The minimum Gasteiger partial charge on any atom is -0.481 e. The highest BCUT2D eigenvalue weighted by Gasteiger charge is 2.40. The Hall–Kier alpha value is -6.43. The molecule has 6 atom stereocenters. The molecule has 1 saturated heterocycles. The van der Waals surface area contributed by atoms with Gasteiger partial charge in [-0.15, -0.1) is 0 Å². The number of benzene rings is 2. The standard InChI is InChI=1S/C62H90N10O11S2/c1-6-7-21-54-70-57-40(4)67-48-19-11-10-17-45(48)58(57)72(54)38-43-25-23-42(24-26-43)27-28-44(74)16-14-33-84-85-34-15-22-55(77)65-31-12-8-9-18-47(63)60(81)69-50(35-39(2)3)62(83)71-32-13-20-51(71)61(82)68-49(29-30-56(78)79)52(75)36-46(41(5)73)59(80)66-37-53(64)76/h10-11,17,19,23-26,39,41,46-47,49-51,73H,6-9,12-16,18,20-22,27-38,63H2,1-5H3,(H2,64,76)(H,65,77)(H,66,80)(H,68,82)(H,69,81)(H,78,79). The minimum atomic E-state index is -1.38. The highest BCUT2D eigenvalue weighted by Crippen LogP contribution is 2.30. The van der Waals surface area contributed by atoms with E-state index in [9.17, 15) is 53.4 Å². The second-order valence-electron chi connectivity index (χ2n) is 22.7. The van der Waals surface area contributed by atoms with E-state index in [0.717, 1.165) is 82.6 Å². The summed E-state index contributed by atoms with van der Waals surface area (Å²) in [5, 5.41) is 31.3. The smallest absolute Gasteiger partial charge is 0.303 e. The van der Waals surface area contributed by atoms with E-state index < -0.39 is 96.9 Å². The molecule has 5 rings (SSSR count). The molecule has 0 aliphatic carbocycles. The molecular formula is C62H90N10O11S2. The second-order valence-corrected chi connectivity index (χ2v) is 25.4. The lowest BCUT2D eigenvalue weighted by Crippen LogP contribution is -2.57. The highest BCUT2D eigenvalue weighted by molar-refractivity contribution is 8.76. The summed E-state index contributed by atoms with van der Waals surface area (Å²) in [6.07, 6.45) is 7.32. The number of imidazole rings is 1. The van der Waals surface area contributed by atoms with Crippen LogP contribution < -0.4 is 32.7 Å². The number of hydrogen-bond acceptors (Lipinski definition) is 15. The SMILES string of the molecule is CCCCc1nc2c(C)nc3ccccc3c2n1Cc1ccc(CCC(=O)CCCSSCCCC(=O)NCCCCCC(N)C(=O)NC(CC(C)C)C(=O)N2CCCC2C(=O)NC(CCC(=O)O)C(=O)CC(C(=O)NCC(N)=O)C(C)O)cc1. The summed E-state index contributed by atoms with van der Waals surface area (Å²) in [7, 11) is 3.44. The van der Waals surface area contributed by atoms with Crippen molar-refractivity contribution in [2.45, 2.75) is 193 Å². The number of ketones is 2. The fourth-order valence-corrected chi connectivity index (χ4v) is 12.6. The van der Waals surface area contributed by atoms with Crippen molar-refractivity contribution in [1.29, 1.82) is 0 Å². The molecule has 1 aliphatic rings. The summed E-state index contributed by atoms with van der Waals surface area (Å²) in [6.45, 7) is 10.1. The van der Waals surface area contributed by atoms with Crippen LogP contribution in [-0.4, -0.2) is 144 Å². The summed E-state index contributed by atoms with van der Waals surface area (Å²) >= 11 is 0. The molecule has 6 unspecified atom stereocenters. The topological polar surface area (TPSA) is 328 Å². The van der Waals surface area contributed by atoms with Gasteiger partial charge < -0.3 is 52.4 Å². The molecule has 0 spiro atoms. The number of nitrogens with two attached hydrogens (primary N) is 2. The predicted octanol–water partition coefficient (Wildman–Crippen LogP) is 6.16. The van der Waals surface area contributed by atoms with Crippen LogP contribution in [0.4, 0.5) is 0 Å². The number of carbonyl (C=O) groups is 9. The lowest BCUT2D eigenvalue weighted by Gasteiger charge is -2.31. The van der Waals surface area contributed by atoms with Crippen LogP contribution in [-0.2, 0) is 62.5 Å². The molecule has 466 valence electrons. The first-order valence-corrected chi connectivity index (χ1v) is 32.7. The van der Waals surface area contributed by atoms with Crippen LogP contribution in [0.2, 0.25) is 0 Å². The van der Waals surface area contributed by atoms with Crippen LogP contribution in [0.5, 0.6) is 0 Å². The minimum absolute atomic E-state index is 0.0246. The van der Waals surface area contributed by atoms with E-state index in [0.29, 0.717) is 70.9 Å². The number of pyridine rings is 1. The Bertz CT molecular complexity index is 2900. The van der Waals surface area contributed by atoms with Gasteiger partial charge in [0.1, 0.15) is 29.2 Å². The molecule has 85 heavy (non-hydrogen) atoms. The quantitative estimate of drug-likeness (QED) is 0.0183. The molecule has 10 N–H and O–H groups in total. The molecule has 6 amide bonds.